The van der Waals surface area contributed by atoms with Crippen molar-refractivity contribution in [1.82, 2.24) is 4.90 Å². The van der Waals surface area contributed by atoms with Gasteiger partial charge in [0.15, 0.2) is 6.10 Å². The SMILES string of the molecule is CC(C)(C)CC(=O)N(Cc1ccccc1Cl)C[C@@H]1CC(c2ccc(F)cc2)=NO1. The van der Waals surface area contributed by atoms with Crippen LogP contribution in [0.1, 0.15) is 44.7 Å². The Morgan fingerprint density at radius 2 is 1.90 bits per heavy atom. The van der Waals surface area contributed by atoms with Gasteiger partial charge < -0.3 is 9.74 Å². The monoisotopic (exact) mass is 416 g/mol. The smallest absolute Gasteiger partial charge is 0.223 e. The van der Waals surface area contributed by atoms with E-state index in [0.29, 0.717) is 31.0 Å². The van der Waals surface area contributed by atoms with Crippen molar-refractivity contribution in [2.24, 2.45) is 10.6 Å². The van der Waals surface area contributed by atoms with Gasteiger partial charge in [-0.15, -0.1) is 0 Å². The van der Waals surface area contributed by atoms with Gasteiger partial charge >= 0.3 is 0 Å². The van der Waals surface area contributed by atoms with E-state index >= 15 is 0 Å². The van der Waals surface area contributed by atoms with Gasteiger partial charge in [0, 0.05) is 24.4 Å². The summed E-state index contributed by atoms with van der Waals surface area (Å²) in [5, 5.41) is 4.79. The molecule has 2 aromatic rings. The first-order valence-electron chi connectivity index (χ1n) is 9.71. The van der Waals surface area contributed by atoms with Gasteiger partial charge in [0.2, 0.25) is 5.91 Å². The molecular weight excluding hydrogens is 391 g/mol. The molecule has 0 saturated carbocycles. The first-order chi connectivity index (χ1) is 13.7. The lowest BCUT2D eigenvalue weighted by molar-refractivity contribution is -0.135. The standard InChI is InChI=1S/C23H26ClFN2O2/c1-23(2,3)13-22(28)27(14-17-6-4-5-7-20(17)24)15-19-12-21(26-29-19)16-8-10-18(25)11-9-16/h4-11,19H,12-15H2,1-3H3/t19-/m0/s1. The molecule has 0 fully saturated rings. The van der Waals surface area contributed by atoms with Gasteiger partial charge in [0.1, 0.15) is 5.82 Å². The third kappa shape index (κ3) is 6.04. The maximum absolute atomic E-state index is 13.2. The summed E-state index contributed by atoms with van der Waals surface area (Å²) in [5.41, 5.74) is 2.36. The molecule has 0 bridgehead atoms. The first-order valence-corrected chi connectivity index (χ1v) is 10.1. The summed E-state index contributed by atoms with van der Waals surface area (Å²) in [5.74, 6) is -0.236. The van der Waals surface area contributed by atoms with Gasteiger partial charge in [-0.25, -0.2) is 4.39 Å². The van der Waals surface area contributed by atoms with Crippen molar-refractivity contribution in [2.45, 2.75) is 46.3 Å². The summed E-state index contributed by atoms with van der Waals surface area (Å²) in [4.78, 5) is 20.4. The van der Waals surface area contributed by atoms with Gasteiger partial charge in [0.25, 0.3) is 0 Å². The molecule has 0 spiro atoms. The number of carbonyl (C=O) groups is 1. The van der Waals surface area contributed by atoms with E-state index in [-0.39, 0.29) is 23.2 Å². The van der Waals surface area contributed by atoms with Crippen molar-refractivity contribution < 1.29 is 14.0 Å². The molecule has 1 amide bonds. The highest BCUT2D eigenvalue weighted by atomic mass is 35.5. The van der Waals surface area contributed by atoms with Crippen LogP contribution in [0.5, 0.6) is 0 Å². The number of nitrogens with zero attached hydrogens (tertiary/aromatic N) is 2. The van der Waals surface area contributed by atoms with Gasteiger partial charge in [0.05, 0.1) is 12.3 Å². The Morgan fingerprint density at radius 1 is 1.21 bits per heavy atom. The van der Waals surface area contributed by atoms with E-state index in [1.54, 1.807) is 17.0 Å². The molecule has 1 atom stereocenters. The van der Waals surface area contributed by atoms with E-state index in [1.165, 1.54) is 12.1 Å². The highest BCUT2D eigenvalue weighted by Crippen LogP contribution is 2.25. The summed E-state index contributed by atoms with van der Waals surface area (Å²) >= 11 is 6.32. The third-order valence-electron chi connectivity index (χ3n) is 4.69. The van der Waals surface area contributed by atoms with Crippen molar-refractivity contribution in [3.63, 3.8) is 0 Å². The summed E-state index contributed by atoms with van der Waals surface area (Å²) < 4.78 is 13.2. The van der Waals surface area contributed by atoms with E-state index in [9.17, 15) is 9.18 Å². The molecule has 6 heteroatoms. The minimum absolute atomic E-state index is 0.0521. The van der Waals surface area contributed by atoms with Crippen LogP contribution in [0.3, 0.4) is 0 Å². The van der Waals surface area contributed by atoms with Crippen LogP contribution >= 0.6 is 11.6 Å². The van der Waals surface area contributed by atoms with Gasteiger partial charge in [-0.1, -0.05) is 67.9 Å². The van der Waals surface area contributed by atoms with E-state index in [2.05, 4.69) is 5.16 Å². The fourth-order valence-electron chi connectivity index (χ4n) is 3.24. The van der Waals surface area contributed by atoms with Crippen LogP contribution in [0.15, 0.2) is 53.7 Å². The quantitative estimate of drug-likeness (QED) is 0.629. The number of oxime groups is 1. The Hall–Kier alpha value is -2.40. The topological polar surface area (TPSA) is 41.9 Å². The molecule has 0 unspecified atom stereocenters. The highest BCUT2D eigenvalue weighted by Gasteiger charge is 2.29. The zero-order valence-electron chi connectivity index (χ0n) is 17.0. The van der Waals surface area contributed by atoms with E-state index < -0.39 is 0 Å². The molecule has 4 nitrogen and oxygen atoms in total. The Bertz CT molecular complexity index is 890. The zero-order chi connectivity index (χ0) is 21.0. The molecule has 0 aliphatic carbocycles. The number of carbonyl (C=O) groups excluding carboxylic acids is 1. The van der Waals surface area contributed by atoms with Crippen molar-refractivity contribution in [1.29, 1.82) is 0 Å². The molecule has 29 heavy (non-hydrogen) atoms. The fourth-order valence-corrected chi connectivity index (χ4v) is 3.43. The van der Waals surface area contributed by atoms with E-state index in [0.717, 1.165) is 16.8 Å². The Morgan fingerprint density at radius 3 is 2.55 bits per heavy atom. The zero-order valence-corrected chi connectivity index (χ0v) is 17.7. The summed E-state index contributed by atoms with van der Waals surface area (Å²) in [6.45, 7) is 6.95. The van der Waals surface area contributed by atoms with Gasteiger partial charge in [-0.3, -0.25) is 4.79 Å². The Labute approximate surface area is 176 Å². The third-order valence-corrected chi connectivity index (χ3v) is 5.06. The van der Waals surface area contributed by atoms with Gasteiger partial charge in [-0.2, -0.15) is 0 Å². The summed E-state index contributed by atoms with van der Waals surface area (Å²) in [7, 11) is 0. The maximum atomic E-state index is 13.2. The van der Waals surface area contributed by atoms with Crippen molar-refractivity contribution >= 4 is 23.2 Å². The lowest BCUT2D eigenvalue weighted by Gasteiger charge is -2.28. The normalized spacial score (nSPS) is 16.3. The molecule has 154 valence electrons. The van der Waals surface area contributed by atoms with E-state index in [1.807, 2.05) is 45.0 Å². The highest BCUT2D eigenvalue weighted by molar-refractivity contribution is 6.31. The molecule has 0 N–H and O–H groups in total. The average molecular weight is 417 g/mol. The lowest BCUT2D eigenvalue weighted by Crippen LogP contribution is -2.38. The molecule has 0 radical (unpaired) electrons. The number of hydrogen-bond donors (Lipinski definition) is 0. The summed E-state index contributed by atoms with van der Waals surface area (Å²) in [6.07, 6.45) is 0.741. The van der Waals surface area contributed by atoms with Crippen LogP contribution in [0.2, 0.25) is 5.02 Å². The molecular formula is C23H26ClFN2O2. The second-order valence-corrected chi connectivity index (χ2v) is 8.99. The molecule has 1 heterocycles. The predicted molar refractivity (Wildman–Crippen MR) is 113 cm³/mol. The number of amides is 1. The van der Waals surface area contributed by atoms with Crippen molar-refractivity contribution in [3.8, 4) is 0 Å². The molecule has 3 rings (SSSR count). The number of rotatable bonds is 6. The van der Waals surface area contributed by atoms with Crippen LogP contribution in [-0.2, 0) is 16.2 Å². The molecule has 1 aliphatic rings. The van der Waals surface area contributed by atoms with Crippen LogP contribution in [-0.4, -0.2) is 29.2 Å². The number of benzene rings is 2. The Kier molecular flexibility index (Phi) is 6.58. The molecule has 0 aromatic heterocycles. The first kappa shape index (κ1) is 21.3. The maximum Gasteiger partial charge on any atom is 0.223 e. The largest absolute Gasteiger partial charge is 0.390 e. The van der Waals surface area contributed by atoms with Crippen molar-refractivity contribution in [3.05, 3.63) is 70.5 Å². The second-order valence-electron chi connectivity index (χ2n) is 8.58. The van der Waals surface area contributed by atoms with Crippen molar-refractivity contribution in [2.75, 3.05) is 6.54 Å². The number of hydrogen-bond acceptors (Lipinski definition) is 3. The molecule has 2 aromatic carbocycles. The minimum atomic E-state index is -0.288. The predicted octanol–water partition coefficient (Wildman–Crippen LogP) is 5.44. The average Bonchev–Trinajstić information content (AvgIpc) is 3.10. The van der Waals surface area contributed by atoms with Crippen LogP contribution in [0, 0.1) is 11.2 Å². The van der Waals surface area contributed by atoms with E-state index in [4.69, 9.17) is 16.4 Å². The molecule has 0 saturated heterocycles. The lowest BCUT2D eigenvalue weighted by atomic mass is 9.91. The van der Waals surface area contributed by atoms with Gasteiger partial charge in [-0.05, 0) is 34.7 Å². The minimum Gasteiger partial charge on any atom is -0.390 e. The van der Waals surface area contributed by atoms with Crippen LogP contribution < -0.4 is 0 Å². The number of halogens is 2. The van der Waals surface area contributed by atoms with Crippen LogP contribution in [0.25, 0.3) is 0 Å². The Balaban J connectivity index is 1.71. The molecule has 1 aliphatic heterocycles. The van der Waals surface area contributed by atoms with Crippen LogP contribution in [0.4, 0.5) is 4.39 Å². The fraction of sp³-hybridized carbons (Fsp3) is 0.391. The summed E-state index contributed by atoms with van der Waals surface area (Å²) in [6, 6.07) is 13.7. The second kappa shape index (κ2) is 8.95.